The lowest BCUT2D eigenvalue weighted by atomic mass is 10.0. The van der Waals surface area contributed by atoms with E-state index in [1.165, 1.54) is 55.4 Å². The zero-order valence-electron chi connectivity index (χ0n) is 29.2. The van der Waals surface area contributed by atoms with Gasteiger partial charge in [0.15, 0.2) is 21.7 Å². The lowest BCUT2D eigenvalue weighted by Gasteiger charge is -2.49. The molecule has 0 aliphatic carbocycles. The minimum absolute atomic E-state index is 0.0466. The largest absolute Gasteiger partial charge is 0.477 e. The van der Waals surface area contributed by atoms with Gasteiger partial charge in [-0.05, 0) is 5.57 Å². The fourth-order valence-corrected chi connectivity index (χ4v) is 9.77. The van der Waals surface area contributed by atoms with Crippen LogP contribution in [0, 0.1) is 0 Å². The molecule has 4 aliphatic rings. The number of thioether (sulfide) groups is 2. The van der Waals surface area contributed by atoms with E-state index in [9.17, 15) is 43.8 Å². The molecule has 0 spiro atoms. The number of carboxylic acids is 2. The summed E-state index contributed by atoms with van der Waals surface area (Å²) in [6.07, 6.45) is 0. The zero-order valence-corrected chi connectivity index (χ0v) is 32.4. The number of thiazole rings is 2. The molecule has 7 N–H and O–H groups in total. The van der Waals surface area contributed by atoms with Gasteiger partial charge in [-0.25, -0.2) is 19.6 Å². The van der Waals surface area contributed by atoms with Crippen molar-refractivity contribution in [2.75, 3.05) is 49.9 Å². The summed E-state index contributed by atoms with van der Waals surface area (Å²) < 4.78 is 4.94. The Bertz CT molecular complexity index is 2150. The van der Waals surface area contributed by atoms with Gasteiger partial charge in [0.25, 0.3) is 23.6 Å². The normalized spacial score (nSPS) is 22.0. The number of oxime groups is 2. The van der Waals surface area contributed by atoms with Gasteiger partial charge in [-0.2, -0.15) is 0 Å². The Hall–Kier alpha value is -5.73. The van der Waals surface area contributed by atoms with Crippen molar-refractivity contribution in [2.45, 2.75) is 29.8 Å². The average Bonchev–Trinajstić information content (AvgIpc) is 3.82. The van der Waals surface area contributed by atoms with Gasteiger partial charge in [0.2, 0.25) is 0 Å². The highest BCUT2D eigenvalue weighted by Gasteiger charge is 2.56. The maximum Gasteiger partial charge on any atom is 0.352 e. The summed E-state index contributed by atoms with van der Waals surface area (Å²) in [6.45, 7) is 0.817. The van der Waals surface area contributed by atoms with Crippen LogP contribution in [-0.4, -0.2) is 145 Å². The van der Waals surface area contributed by atoms with E-state index >= 15 is 0 Å². The minimum atomic E-state index is -1.39. The van der Waals surface area contributed by atoms with Crippen molar-refractivity contribution < 1.29 is 58.2 Å². The number of nitrogens with one attached hydrogen (secondary N) is 3. The number of carbonyl (C=O) groups is 7. The van der Waals surface area contributed by atoms with Crippen LogP contribution in [0.3, 0.4) is 0 Å². The molecule has 22 nitrogen and oxygen atoms in total. The Morgan fingerprint density at radius 2 is 1.34 bits per heavy atom. The molecule has 2 saturated heterocycles. The fraction of sp³-hybridized carbons (Fsp3) is 0.367. The molecule has 6 rings (SSSR count). The van der Waals surface area contributed by atoms with E-state index in [1.54, 1.807) is 0 Å². The molecule has 4 unspecified atom stereocenters. The van der Waals surface area contributed by atoms with Gasteiger partial charge in [-0.1, -0.05) is 10.3 Å². The van der Waals surface area contributed by atoms with Crippen LogP contribution in [0.25, 0.3) is 0 Å². The first-order chi connectivity index (χ1) is 26.7. The molecule has 2 aromatic rings. The number of nitrogen functional groups attached to an aromatic ring is 1. The Morgan fingerprint density at radius 3 is 1.82 bits per heavy atom. The molecule has 0 aromatic carbocycles. The SMILES string of the molecule is CO/N=C(/C(=O)NC1C(=O)N2C(C(=O)O)=C(CNc3nc(/C(=N\OC)C(=O)NC4C(=O)N5C(C(=O)O)=C(COC(C)=O)CSC45)cs3)CSC12)c1csc(N)n1. The van der Waals surface area contributed by atoms with Gasteiger partial charge < -0.3 is 46.3 Å². The smallest absolute Gasteiger partial charge is 0.352 e. The van der Waals surface area contributed by atoms with Crippen molar-refractivity contribution >= 4 is 109 Å². The highest BCUT2D eigenvalue weighted by atomic mass is 32.2. The molecule has 4 atom stereocenters. The number of rotatable bonds is 15. The van der Waals surface area contributed by atoms with E-state index in [1.807, 2.05) is 0 Å². The van der Waals surface area contributed by atoms with E-state index < -0.39 is 64.4 Å². The molecule has 4 aliphatic heterocycles. The van der Waals surface area contributed by atoms with Crippen molar-refractivity contribution in [2.24, 2.45) is 10.3 Å². The lowest BCUT2D eigenvalue weighted by Crippen LogP contribution is -2.71. The zero-order chi connectivity index (χ0) is 40.4. The predicted octanol–water partition coefficient (Wildman–Crippen LogP) is -0.965. The summed E-state index contributed by atoms with van der Waals surface area (Å²) in [4.78, 5) is 109. The molecule has 0 saturated carbocycles. The van der Waals surface area contributed by atoms with Crippen LogP contribution in [0.2, 0.25) is 0 Å². The van der Waals surface area contributed by atoms with Crippen molar-refractivity contribution in [3.05, 3.63) is 44.7 Å². The monoisotopic (exact) mass is 850 g/mol. The molecular formula is C30H30N10O12S4. The number of hydrogen-bond donors (Lipinski definition) is 6. The molecule has 56 heavy (non-hydrogen) atoms. The summed E-state index contributed by atoms with van der Waals surface area (Å²) in [5, 5.41) is 37.5. The first-order valence-corrected chi connectivity index (χ1v) is 19.8. The summed E-state index contributed by atoms with van der Waals surface area (Å²) in [5.74, 6) is -6.00. The van der Waals surface area contributed by atoms with Crippen LogP contribution in [0.15, 0.2) is 43.6 Å². The van der Waals surface area contributed by atoms with Crippen molar-refractivity contribution in [3.8, 4) is 0 Å². The summed E-state index contributed by atoms with van der Waals surface area (Å²) in [7, 11) is 2.43. The number of esters is 1. The number of ether oxygens (including phenoxy) is 1. The van der Waals surface area contributed by atoms with Gasteiger partial charge in [-0.15, -0.1) is 46.2 Å². The number of carboxylic acid groups (broad SMARTS) is 2. The first kappa shape index (κ1) is 39.9. The van der Waals surface area contributed by atoms with Crippen molar-refractivity contribution in [3.63, 3.8) is 0 Å². The van der Waals surface area contributed by atoms with Gasteiger partial charge >= 0.3 is 17.9 Å². The maximum absolute atomic E-state index is 13.4. The van der Waals surface area contributed by atoms with E-state index in [0.717, 1.165) is 32.5 Å². The molecular weight excluding hydrogens is 821 g/mol. The second-order valence-corrected chi connectivity index (χ2v) is 15.7. The lowest BCUT2D eigenvalue weighted by molar-refractivity contribution is -0.150. The average molecular weight is 851 g/mol. The Kier molecular flexibility index (Phi) is 11.8. The Labute approximate surface area is 331 Å². The summed E-state index contributed by atoms with van der Waals surface area (Å²) >= 11 is 4.55. The minimum Gasteiger partial charge on any atom is -0.477 e. The number of nitrogens with two attached hydrogens (primary N) is 1. The van der Waals surface area contributed by atoms with Crippen LogP contribution in [0.4, 0.5) is 10.3 Å². The number of carbonyl (C=O) groups excluding carboxylic acids is 5. The molecule has 26 heteroatoms. The number of aliphatic carboxylic acids is 2. The topological polar surface area (TPSA) is 307 Å². The van der Waals surface area contributed by atoms with E-state index in [2.05, 4.69) is 36.2 Å². The molecule has 296 valence electrons. The molecule has 6 heterocycles. The second-order valence-electron chi connectivity index (χ2n) is 11.7. The van der Waals surface area contributed by atoms with E-state index in [-0.39, 0.29) is 74.7 Å². The number of β-lactam (4-membered cyclic amide) rings is 2. The van der Waals surface area contributed by atoms with Crippen molar-refractivity contribution in [1.82, 2.24) is 30.4 Å². The number of nitrogens with zero attached hydrogens (tertiary/aromatic N) is 6. The first-order valence-electron chi connectivity index (χ1n) is 15.9. The molecule has 4 amide bonds. The number of fused-ring (bicyclic) bond motifs is 2. The van der Waals surface area contributed by atoms with Crippen LogP contribution in [0.5, 0.6) is 0 Å². The van der Waals surface area contributed by atoms with Crippen molar-refractivity contribution in [1.29, 1.82) is 0 Å². The van der Waals surface area contributed by atoms with Gasteiger partial charge in [0.1, 0.15) is 66.4 Å². The maximum atomic E-state index is 13.4. The number of hydrogen-bond acceptors (Lipinski definition) is 20. The van der Waals surface area contributed by atoms with Crippen LogP contribution in [-0.2, 0) is 48.0 Å². The molecule has 0 bridgehead atoms. The summed E-state index contributed by atoms with van der Waals surface area (Å²) in [6, 6.07) is -2.17. The number of aromatic nitrogens is 2. The van der Waals surface area contributed by atoms with Crippen LogP contribution < -0.4 is 21.7 Å². The van der Waals surface area contributed by atoms with Crippen LogP contribution >= 0.6 is 46.2 Å². The van der Waals surface area contributed by atoms with E-state index in [4.69, 9.17) is 20.1 Å². The summed E-state index contributed by atoms with van der Waals surface area (Å²) in [5.41, 5.74) is 5.36. The van der Waals surface area contributed by atoms with Gasteiger partial charge in [-0.3, -0.25) is 33.8 Å². The third-order valence-corrected chi connectivity index (χ3v) is 12.4. The molecule has 2 fully saturated rings. The Morgan fingerprint density at radius 1 is 0.839 bits per heavy atom. The molecule has 2 aromatic heterocycles. The quantitative estimate of drug-likeness (QED) is 0.0544. The second kappa shape index (κ2) is 16.6. The van der Waals surface area contributed by atoms with Gasteiger partial charge in [0.05, 0.1) is 0 Å². The third kappa shape index (κ3) is 7.71. The fourth-order valence-electron chi connectivity index (χ4n) is 5.86. The van der Waals surface area contributed by atoms with E-state index in [0.29, 0.717) is 5.57 Å². The number of amides is 4. The predicted molar refractivity (Wildman–Crippen MR) is 200 cm³/mol. The Balaban J connectivity index is 1.09. The highest BCUT2D eigenvalue weighted by Crippen LogP contribution is 2.42. The van der Waals surface area contributed by atoms with Crippen LogP contribution in [0.1, 0.15) is 18.3 Å². The number of anilines is 2. The standard InChI is InChI=1S/C30H30N10O12S4/c1-10(41)52-5-12-7-54-26-18(24(45)40(26)20(12)28(48)49)36-22(43)16(38-51-3)14-9-56-30(34-14)32-4-11-6-53-25-17(23(44)39(25)19(11)27(46)47)35-21(42)15(37-50-2)13-8-55-29(31)33-13/h8-9,17-18,25-26H,4-7H2,1-3H3,(H2,31,33)(H,32,34)(H,35,42)(H,36,43)(H,46,47)(H,48,49)/b37-15+,38-16+. The molecule has 0 radical (unpaired) electrons. The van der Waals surface area contributed by atoms with Gasteiger partial charge in [0, 0.05) is 41.3 Å². The third-order valence-electron chi connectivity index (χ3n) is 8.28. The highest BCUT2D eigenvalue weighted by molar-refractivity contribution is 8.00.